The molecule has 8 heteroatoms. The van der Waals surface area contributed by atoms with Gasteiger partial charge >= 0.3 is 0 Å². The van der Waals surface area contributed by atoms with E-state index in [2.05, 4.69) is 0 Å². The summed E-state index contributed by atoms with van der Waals surface area (Å²) in [7, 11) is 0. The lowest BCUT2D eigenvalue weighted by Gasteiger charge is -2.18. The second kappa shape index (κ2) is 6.89. The minimum atomic E-state index is -0.413. The molecule has 0 radical (unpaired) electrons. The van der Waals surface area contributed by atoms with Gasteiger partial charge in [-0.25, -0.2) is 0 Å². The minimum absolute atomic E-state index is 0.0510. The number of nitrogens with zero attached hydrogens (tertiary/aromatic N) is 2. The summed E-state index contributed by atoms with van der Waals surface area (Å²) >= 11 is 1.42. The predicted octanol–water partition coefficient (Wildman–Crippen LogP) is 4.30. The first-order chi connectivity index (χ1) is 14.1. The smallest absolute Gasteiger partial charge is 0.269 e. The van der Waals surface area contributed by atoms with Crippen LogP contribution in [0.3, 0.4) is 0 Å². The van der Waals surface area contributed by atoms with Crippen molar-refractivity contribution in [3.8, 4) is 21.9 Å². The number of anilines is 1. The summed E-state index contributed by atoms with van der Waals surface area (Å²) in [6.07, 6.45) is 0.614. The van der Waals surface area contributed by atoms with E-state index >= 15 is 0 Å². The van der Waals surface area contributed by atoms with Crippen LogP contribution < -0.4 is 14.4 Å². The highest BCUT2D eigenvalue weighted by atomic mass is 32.1. The molecule has 0 saturated heterocycles. The largest absolute Gasteiger partial charge is 0.486 e. The zero-order valence-electron chi connectivity index (χ0n) is 15.3. The number of nitro groups is 1. The first kappa shape index (κ1) is 17.7. The van der Waals surface area contributed by atoms with Crippen LogP contribution >= 0.6 is 11.3 Å². The number of ether oxygens (including phenoxy) is 2. The monoisotopic (exact) mass is 408 g/mol. The van der Waals surface area contributed by atoms with Gasteiger partial charge in [-0.3, -0.25) is 14.9 Å². The van der Waals surface area contributed by atoms with Crippen LogP contribution in [0.2, 0.25) is 0 Å². The van der Waals surface area contributed by atoms with Crippen LogP contribution in [0.1, 0.15) is 15.2 Å². The zero-order valence-corrected chi connectivity index (χ0v) is 16.1. The van der Waals surface area contributed by atoms with Gasteiger partial charge in [-0.1, -0.05) is 0 Å². The van der Waals surface area contributed by atoms with Crippen LogP contribution in [-0.4, -0.2) is 30.6 Å². The maximum Gasteiger partial charge on any atom is 0.269 e. The molecule has 2 aromatic carbocycles. The van der Waals surface area contributed by atoms with Crippen molar-refractivity contribution in [2.75, 3.05) is 24.7 Å². The molecule has 146 valence electrons. The molecule has 1 amide bonds. The maximum atomic E-state index is 13.1. The van der Waals surface area contributed by atoms with Crippen molar-refractivity contribution in [1.82, 2.24) is 0 Å². The van der Waals surface area contributed by atoms with Gasteiger partial charge in [0, 0.05) is 29.2 Å². The standard InChI is InChI=1S/C21H16N2O5S/c24-21(22-8-7-13-11-15(23(25)26)2-3-16(13)22)20-6-5-19(29-20)14-1-4-17-18(12-14)28-10-9-27-17/h1-6,11-12H,7-10H2. The third-order valence-corrected chi connectivity index (χ3v) is 6.18. The molecule has 7 nitrogen and oxygen atoms in total. The van der Waals surface area contributed by atoms with Gasteiger partial charge in [-0.05, 0) is 53.9 Å². The summed E-state index contributed by atoms with van der Waals surface area (Å²) in [5.74, 6) is 1.35. The van der Waals surface area contributed by atoms with E-state index in [0.29, 0.717) is 36.8 Å². The van der Waals surface area contributed by atoms with Crippen molar-refractivity contribution >= 4 is 28.6 Å². The Morgan fingerprint density at radius 3 is 2.69 bits per heavy atom. The van der Waals surface area contributed by atoms with E-state index < -0.39 is 4.92 Å². The molecule has 0 saturated carbocycles. The number of thiophene rings is 1. The molecule has 2 aliphatic rings. The molecule has 0 unspecified atom stereocenters. The van der Waals surface area contributed by atoms with E-state index in [1.165, 1.54) is 17.4 Å². The molecular formula is C21H16N2O5S. The number of hydrogen-bond acceptors (Lipinski definition) is 6. The highest BCUT2D eigenvalue weighted by Crippen LogP contribution is 2.38. The van der Waals surface area contributed by atoms with E-state index in [9.17, 15) is 14.9 Å². The second-order valence-corrected chi connectivity index (χ2v) is 7.88. The minimum Gasteiger partial charge on any atom is -0.486 e. The zero-order chi connectivity index (χ0) is 20.0. The van der Waals surface area contributed by atoms with Crippen molar-refractivity contribution < 1.29 is 19.2 Å². The van der Waals surface area contributed by atoms with Crippen molar-refractivity contribution in [3.63, 3.8) is 0 Å². The highest BCUT2D eigenvalue weighted by Gasteiger charge is 2.28. The fourth-order valence-corrected chi connectivity index (χ4v) is 4.60. The number of fused-ring (bicyclic) bond motifs is 2. The molecule has 0 spiro atoms. The summed E-state index contributed by atoms with van der Waals surface area (Å²) in [5.41, 5.74) is 2.59. The van der Waals surface area contributed by atoms with E-state index in [4.69, 9.17) is 9.47 Å². The Morgan fingerprint density at radius 1 is 1.03 bits per heavy atom. The van der Waals surface area contributed by atoms with Gasteiger partial charge in [0.15, 0.2) is 11.5 Å². The van der Waals surface area contributed by atoms with Crippen LogP contribution in [-0.2, 0) is 6.42 Å². The Morgan fingerprint density at radius 2 is 1.86 bits per heavy atom. The number of benzene rings is 2. The fourth-order valence-electron chi connectivity index (χ4n) is 3.65. The van der Waals surface area contributed by atoms with Crippen LogP contribution in [0.25, 0.3) is 10.4 Å². The van der Waals surface area contributed by atoms with Crippen LogP contribution in [0.15, 0.2) is 48.5 Å². The van der Waals surface area contributed by atoms with Crippen molar-refractivity contribution in [3.05, 3.63) is 69.1 Å². The summed E-state index contributed by atoms with van der Waals surface area (Å²) in [5, 5.41) is 11.0. The molecular weight excluding hydrogens is 392 g/mol. The summed E-state index contributed by atoms with van der Waals surface area (Å²) in [6.45, 7) is 1.59. The van der Waals surface area contributed by atoms with Gasteiger partial charge < -0.3 is 14.4 Å². The van der Waals surface area contributed by atoms with Gasteiger partial charge in [-0.15, -0.1) is 11.3 Å². The topological polar surface area (TPSA) is 81.9 Å². The molecule has 3 aromatic rings. The van der Waals surface area contributed by atoms with Gasteiger partial charge in [0.05, 0.1) is 9.80 Å². The number of hydrogen-bond donors (Lipinski definition) is 0. The van der Waals surface area contributed by atoms with Gasteiger partial charge in [0.25, 0.3) is 11.6 Å². The Labute approximate surface area is 170 Å². The quantitative estimate of drug-likeness (QED) is 0.477. The number of carbonyl (C=O) groups is 1. The average molecular weight is 408 g/mol. The number of nitro benzene ring substituents is 1. The van der Waals surface area contributed by atoms with Gasteiger partial charge in [0.2, 0.25) is 0 Å². The molecule has 0 fully saturated rings. The first-order valence-electron chi connectivity index (χ1n) is 9.19. The molecule has 1 aromatic heterocycles. The SMILES string of the molecule is O=C(c1ccc(-c2ccc3c(c2)OCCO3)s1)N1CCc2cc([N+](=O)[O-])ccc21. The highest BCUT2D eigenvalue weighted by molar-refractivity contribution is 7.17. The van der Waals surface area contributed by atoms with Crippen molar-refractivity contribution in [2.45, 2.75) is 6.42 Å². The Kier molecular flexibility index (Phi) is 4.21. The molecule has 3 heterocycles. The molecule has 0 aliphatic carbocycles. The summed E-state index contributed by atoms with van der Waals surface area (Å²) in [6, 6.07) is 14.2. The lowest BCUT2D eigenvalue weighted by Crippen LogP contribution is -2.28. The molecule has 2 aliphatic heterocycles. The maximum absolute atomic E-state index is 13.1. The third-order valence-electron chi connectivity index (χ3n) is 5.06. The van der Waals surface area contributed by atoms with E-state index in [1.807, 2.05) is 30.3 Å². The Bertz CT molecular complexity index is 1140. The number of amides is 1. The van der Waals surface area contributed by atoms with Gasteiger partial charge in [0.1, 0.15) is 13.2 Å². The second-order valence-electron chi connectivity index (χ2n) is 6.80. The third kappa shape index (κ3) is 3.11. The van der Waals surface area contributed by atoms with E-state index in [0.717, 1.165) is 27.4 Å². The fraction of sp³-hybridized carbons (Fsp3) is 0.190. The van der Waals surface area contributed by atoms with Crippen LogP contribution in [0, 0.1) is 10.1 Å². The van der Waals surface area contributed by atoms with Crippen LogP contribution in [0.5, 0.6) is 11.5 Å². The first-order valence-corrected chi connectivity index (χ1v) is 10.0. The number of non-ortho nitro benzene ring substituents is 1. The van der Waals surface area contributed by atoms with Gasteiger partial charge in [-0.2, -0.15) is 0 Å². The lowest BCUT2D eigenvalue weighted by molar-refractivity contribution is -0.384. The normalized spacial score (nSPS) is 14.6. The molecule has 0 bridgehead atoms. The van der Waals surface area contributed by atoms with Crippen molar-refractivity contribution in [1.29, 1.82) is 0 Å². The number of carbonyl (C=O) groups excluding carboxylic acids is 1. The molecule has 0 atom stereocenters. The lowest BCUT2D eigenvalue weighted by atomic mass is 10.1. The van der Waals surface area contributed by atoms with E-state index in [1.54, 1.807) is 17.0 Å². The molecule has 0 N–H and O–H groups in total. The number of rotatable bonds is 3. The van der Waals surface area contributed by atoms with Crippen molar-refractivity contribution in [2.24, 2.45) is 0 Å². The molecule has 5 rings (SSSR count). The predicted molar refractivity (Wildman–Crippen MR) is 109 cm³/mol. The molecule has 29 heavy (non-hydrogen) atoms. The average Bonchev–Trinajstić information content (AvgIpc) is 3.40. The Hall–Kier alpha value is -3.39. The Balaban J connectivity index is 1.40. The summed E-state index contributed by atoms with van der Waals surface area (Å²) < 4.78 is 11.2. The van der Waals surface area contributed by atoms with E-state index in [-0.39, 0.29) is 11.6 Å². The van der Waals surface area contributed by atoms with Crippen LogP contribution in [0.4, 0.5) is 11.4 Å². The summed E-state index contributed by atoms with van der Waals surface area (Å²) in [4.78, 5) is 26.9.